The van der Waals surface area contributed by atoms with Gasteiger partial charge in [-0.1, -0.05) is 48.5 Å². The molecule has 15 heavy (non-hydrogen) atoms. The fraction of sp³-hybridized carbons (Fsp3) is 0.250. The molecule has 1 rings (SSSR count). The SMILES string of the molecule is C=C(Cl)C(=O)N(CC)Cc1ccccc1. The van der Waals surface area contributed by atoms with E-state index in [4.69, 9.17) is 11.6 Å². The Morgan fingerprint density at radius 3 is 2.47 bits per heavy atom. The van der Waals surface area contributed by atoms with Gasteiger partial charge in [0.2, 0.25) is 0 Å². The summed E-state index contributed by atoms with van der Waals surface area (Å²) in [6.45, 7) is 6.55. The van der Waals surface area contributed by atoms with Gasteiger partial charge in [0.1, 0.15) is 0 Å². The van der Waals surface area contributed by atoms with Gasteiger partial charge in [-0.15, -0.1) is 0 Å². The smallest absolute Gasteiger partial charge is 0.265 e. The second-order valence-corrected chi connectivity index (χ2v) is 3.67. The Labute approximate surface area is 95.2 Å². The van der Waals surface area contributed by atoms with E-state index in [-0.39, 0.29) is 10.9 Å². The van der Waals surface area contributed by atoms with Crippen LogP contribution in [0, 0.1) is 0 Å². The summed E-state index contributed by atoms with van der Waals surface area (Å²) >= 11 is 5.58. The molecule has 0 unspecified atom stereocenters. The van der Waals surface area contributed by atoms with Crippen molar-refractivity contribution in [1.82, 2.24) is 4.90 Å². The van der Waals surface area contributed by atoms with Gasteiger partial charge in [-0.3, -0.25) is 4.79 Å². The minimum atomic E-state index is -0.206. The van der Waals surface area contributed by atoms with Crippen LogP contribution in [0.5, 0.6) is 0 Å². The van der Waals surface area contributed by atoms with E-state index in [1.165, 1.54) is 0 Å². The molecule has 0 aliphatic heterocycles. The van der Waals surface area contributed by atoms with Crippen LogP contribution in [0.4, 0.5) is 0 Å². The van der Waals surface area contributed by atoms with Crippen molar-refractivity contribution in [2.45, 2.75) is 13.5 Å². The summed E-state index contributed by atoms with van der Waals surface area (Å²) < 4.78 is 0. The lowest BCUT2D eigenvalue weighted by Gasteiger charge is -2.20. The molecule has 1 amide bonds. The third-order valence-corrected chi connectivity index (χ3v) is 2.28. The third kappa shape index (κ3) is 3.40. The number of hydrogen-bond donors (Lipinski definition) is 0. The van der Waals surface area contributed by atoms with Gasteiger partial charge in [0.15, 0.2) is 0 Å². The number of nitrogens with zero attached hydrogens (tertiary/aromatic N) is 1. The fourth-order valence-electron chi connectivity index (χ4n) is 1.30. The van der Waals surface area contributed by atoms with E-state index in [1.54, 1.807) is 4.90 Å². The summed E-state index contributed by atoms with van der Waals surface area (Å²) in [5.41, 5.74) is 1.09. The Balaban J connectivity index is 2.70. The molecule has 0 saturated carbocycles. The van der Waals surface area contributed by atoms with Crippen molar-refractivity contribution in [2.75, 3.05) is 6.54 Å². The van der Waals surface area contributed by atoms with Gasteiger partial charge in [0.25, 0.3) is 5.91 Å². The van der Waals surface area contributed by atoms with Crippen LogP contribution in [0.15, 0.2) is 41.9 Å². The lowest BCUT2D eigenvalue weighted by molar-refractivity contribution is -0.126. The quantitative estimate of drug-likeness (QED) is 0.719. The highest BCUT2D eigenvalue weighted by atomic mass is 35.5. The molecule has 0 saturated heterocycles. The van der Waals surface area contributed by atoms with Crippen LogP contribution in [0.3, 0.4) is 0 Å². The largest absolute Gasteiger partial charge is 0.334 e. The first kappa shape index (κ1) is 11.8. The predicted octanol–water partition coefficient (Wildman–Crippen LogP) is 2.79. The van der Waals surface area contributed by atoms with Crippen molar-refractivity contribution in [2.24, 2.45) is 0 Å². The van der Waals surface area contributed by atoms with Crippen LogP contribution >= 0.6 is 11.6 Å². The van der Waals surface area contributed by atoms with Crippen LogP contribution in [-0.2, 0) is 11.3 Å². The first-order valence-electron chi connectivity index (χ1n) is 4.82. The van der Waals surface area contributed by atoms with E-state index in [0.29, 0.717) is 13.1 Å². The van der Waals surface area contributed by atoms with Gasteiger partial charge < -0.3 is 4.90 Å². The Bertz CT molecular complexity index is 348. The number of benzene rings is 1. The Morgan fingerprint density at radius 1 is 1.40 bits per heavy atom. The van der Waals surface area contributed by atoms with E-state index in [1.807, 2.05) is 37.3 Å². The maximum atomic E-state index is 11.6. The average molecular weight is 224 g/mol. The Hall–Kier alpha value is -1.28. The zero-order valence-corrected chi connectivity index (χ0v) is 9.50. The molecule has 0 aromatic heterocycles. The first-order valence-corrected chi connectivity index (χ1v) is 5.20. The molecule has 2 nitrogen and oxygen atoms in total. The number of halogens is 1. The van der Waals surface area contributed by atoms with Gasteiger partial charge in [-0.05, 0) is 12.5 Å². The predicted molar refractivity (Wildman–Crippen MR) is 62.5 cm³/mol. The van der Waals surface area contributed by atoms with Gasteiger partial charge in [-0.2, -0.15) is 0 Å². The van der Waals surface area contributed by atoms with Gasteiger partial charge >= 0.3 is 0 Å². The number of likely N-dealkylation sites (N-methyl/N-ethyl adjacent to an activating group) is 1. The van der Waals surface area contributed by atoms with Crippen molar-refractivity contribution in [3.63, 3.8) is 0 Å². The lowest BCUT2D eigenvalue weighted by Crippen LogP contribution is -2.30. The van der Waals surface area contributed by atoms with Crippen molar-refractivity contribution in [1.29, 1.82) is 0 Å². The molecule has 3 heteroatoms. The number of carbonyl (C=O) groups is 1. The molecule has 80 valence electrons. The first-order chi connectivity index (χ1) is 7.15. The van der Waals surface area contributed by atoms with E-state index >= 15 is 0 Å². The van der Waals surface area contributed by atoms with Crippen molar-refractivity contribution < 1.29 is 4.79 Å². The average Bonchev–Trinajstić information content (AvgIpc) is 2.26. The summed E-state index contributed by atoms with van der Waals surface area (Å²) in [5.74, 6) is -0.206. The van der Waals surface area contributed by atoms with Crippen LogP contribution in [0.1, 0.15) is 12.5 Å². The fourth-order valence-corrected chi connectivity index (χ4v) is 1.42. The molecule has 0 bridgehead atoms. The molecule has 0 aliphatic rings. The molecule has 0 N–H and O–H groups in total. The monoisotopic (exact) mass is 223 g/mol. The Morgan fingerprint density at radius 2 is 2.00 bits per heavy atom. The second kappa shape index (κ2) is 5.56. The normalized spacial score (nSPS) is 9.73. The molecule has 1 aromatic rings. The van der Waals surface area contributed by atoms with Gasteiger partial charge in [-0.25, -0.2) is 0 Å². The van der Waals surface area contributed by atoms with Crippen LogP contribution in [0.2, 0.25) is 0 Å². The molecule has 0 spiro atoms. The van der Waals surface area contributed by atoms with E-state index in [2.05, 4.69) is 6.58 Å². The molecule has 0 aliphatic carbocycles. The summed E-state index contributed by atoms with van der Waals surface area (Å²) in [4.78, 5) is 13.2. The number of amides is 1. The molecule has 0 fully saturated rings. The molecule has 0 heterocycles. The Kier molecular flexibility index (Phi) is 4.37. The summed E-state index contributed by atoms with van der Waals surface area (Å²) in [6.07, 6.45) is 0. The summed E-state index contributed by atoms with van der Waals surface area (Å²) in [5, 5.41) is 0.0628. The number of carbonyl (C=O) groups excluding carboxylic acids is 1. The van der Waals surface area contributed by atoms with E-state index in [0.717, 1.165) is 5.56 Å². The van der Waals surface area contributed by atoms with E-state index < -0.39 is 0 Å². The van der Waals surface area contributed by atoms with E-state index in [9.17, 15) is 4.79 Å². The maximum absolute atomic E-state index is 11.6. The van der Waals surface area contributed by atoms with Gasteiger partial charge in [0, 0.05) is 13.1 Å². The highest BCUT2D eigenvalue weighted by Crippen LogP contribution is 2.09. The third-order valence-electron chi connectivity index (χ3n) is 2.12. The molecular weight excluding hydrogens is 210 g/mol. The lowest BCUT2D eigenvalue weighted by atomic mass is 10.2. The summed E-state index contributed by atoms with van der Waals surface area (Å²) in [6, 6.07) is 9.80. The van der Waals surface area contributed by atoms with Crippen molar-refractivity contribution in [3.8, 4) is 0 Å². The minimum Gasteiger partial charge on any atom is -0.334 e. The van der Waals surface area contributed by atoms with Crippen molar-refractivity contribution in [3.05, 3.63) is 47.5 Å². The molecule has 1 aromatic carbocycles. The zero-order valence-electron chi connectivity index (χ0n) is 8.74. The highest BCUT2D eigenvalue weighted by Gasteiger charge is 2.13. The van der Waals surface area contributed by atoms with Gasteiger partial charge in [0.05, 0.1) is 5.03 Å². The number of rotatable bonds is 4. The number of hydrogen-bond acceptors (Lipinski definition) is 1. The molecule has 0 radical (unpaired) electrons. The minimum absolute atomic E-state index is 0.0628. The molecular formula is C12H14ClNO. The maximum Gasteiger partial charge on any atom is 0.265 e. The van der Waals surface area contributed by atoms with Crippen LogP contribution < -0.4 is 0 Å². The second-order valence-electron chi connectivity index (χ2n) is 3.21. The van der Waals surface area contributed by atoms with Crippen LogP contribution in [0.25, 0.3) is 0 Å². The summed E-state index contributed by atoms with van der Waals surface area (Å²) in [7, 11) is 0. The molecule has 0 atom stereocenters. The van der Waals surface area contributed by atoms with Crippen LogP contribution in [-0.4, -0.2) is 17.4 Å². The topological polar surface area (TPSA) is 20.3 Å². The highest BCUT2D eigenvalue weighted by molar-refractivity contribution is 6.41. The van der Waals surface area contributed by atoms with Crippen molar-refractivity contribution >= 4 is 17.5 Å². The standard InChI is InChI=1S/C12H14ClNO/c1-3-14(12(15)10(2)13)9-11-7-5-4-6-8-11/h4-8H,2-3,9H2,1H3. The zero-order chi connectivity index (χ0) is 11.3.